The number of piperidine rings is 1. The standard InChI is InChI=1S/C20H28N2O4S/c1-21(15-4-2-3-5-15)13-17(23)22-9-7-20(8-10-22)18-14(6-11-26-20)12-16(27-18)19(24)25/h12,15H,2-11,13H2,1H3,(H,24,25). The molecule has 4 rings (SSSR count). The second-order valence-electron chi connectivity index (χ2n) is 8.10. The highest BCUT2D eigenvalue weighted by Gasteiger charge is 2.43. The first kappa shape index (κ1) is 18.9. The molecule has 0 unspecified atom stereocenters. The summed E-state index contributed by atoms with van der Waals surface area (Å²) in [5.41, 5.74) is 0.712. The number of ether oxygens (including phenoxy) is 1. The summed E-state index contributed by atoms with van der Waals surface area (Å²) in [6.45, 7) is 2.47. The van der Waals surface area contributed by atoms with E-state index in [1.165, 1.54) is 37.0 Å². The van der Waals surface area contributed by atoms with E-state index in [0.717, 1.165) is 29.7 Å². The van der Waals surface area contributed by atoms with Crippen LogP contribution in [0.2, 0.25) is 0 Å². The van der Waals surface area contributed by atoms with Gasteiger partial charge in [-0.2, -0.15) is 0 Å². The second-order valence-corrected chi connectivity index (χ2v) is 9.15. The molecule has 1 aliphatic carbocycles. The second kappa shape index (κ2) is 7.53. The van der Waals surface area contributed by atoms with Gasteiger partial charge in [-0.25, -0.2) is 4.79 Å². The summed E-state index contributed by atoms with van der Waals surface area (Å²) >= 11 is 1.35. The predicted molar refractivity (Wildman–Crippen MR) is 103 cm³/mol. The Morgan fingerprint density at radius 3 is 2.70 bits per heavy atom. The molecule has 2 aliphatic heterocycles. The fraction of sp³-hybridized carbons (Fsp3) is 0.700. The number of nitrogens with zero attached hydrogens (tertiary/aromatic N) is 2. The topological polar surface area (TPSA) is 70.1 Å². The number of thiophene rings is 1. The normalized spacial score (nSPS) is 22.4. The zero-order chi connectivity index (χ0) is 19.0. The molecule has 1 spiro atoms. The van der Waals surface area contributed by atoms with E-state index in [2.05, 4.69) is 11.9 Å². The molecule has 3 aliphatic rings. The molecule has 0 aromatic carbocycles. The van der Waals surface area contributed by atoms with E-state index in [1.54, 1.807) is 6.07 Å². The molecule has 6 nitrogen and oxygen atoms in total. The third kappa shape index (κ3) is 3.65. The van der Waals surface area contributed by atoms with Crippen molar-refractivity contribution in [3.63, 3.8) is 0 Å². The Kier molecular flexibility index (Phi) is 5.27. The number of hydrogen-bond donors (Lipinski definition) is 1. The van der Waals surface area contributed by atoms with Gasteiger partial charge in [-0.1, -0.05) is 12.8 Å². The Bertz CT molecular complexity index is 718. The fourth-order valence-electron chi connectivity index (χ4n) is 4.80. The number of carbonyl (C=O) groups is 2. The number of amides is 1. The predicted octanol–water partition coefficient (Wildman–Crippen LogP) is 2.71. The van der Waals surface area contributed by atoms with Crippen LogP contribution in [-0.2, 0) is 21.6 Å². The van der Waals surface area contributed by atoms with Gasteiger partial charge >= 0.3 is 5.97 Å². The Balaban J connectivity index is 1.40. The lowest BCUT2D eigenvalue weighted by atomic mass is 9.85. The van der Waals surface area contributed by atoms with Gasteiger partial charge in [0.1, 0.15) is 10.5 Å². The monoisotopic (exact) mass is 392 g/mol. The van der Waals surface area contributed by atoms with Crippen molar-refractivity contribution < 1.29 is 19.4 Å². The zero-order valence-electron chi connectivity index (χ0n) is 15.9. The molecule has 3 heterocycles. The summed E-state index contributed by atoms with van der Waals surface area (Å²) in [7, 11) is 2.06. The van der Waals surface area contributed by atoms with E-state index in [0.29, 0.717) is 37.2 Å². The third-order valence-corrected chi connectivity index (χ3v) is 7.79. The Morgan fingerprint density at radius 2 is 2.04 bits per heavy atom. The van der Waals surface area contributed by atoms with Crippen LogP contribution in [0.25, 0.3) is 0 Å². The van der Waals surface area contributed by atoms with E-state index in [-0.39, 0.29) is 5.91 Å². The molecule has 27 heavy (non-hydrogen) atoms. The summed E-state index contributed by atoms with van der Waals surface area (Å²) in [5.74, 6) is -0.667. The van der Waals surface area contributed by atoms with Crippen LogP contribution in [0.15, 0.2) is 6.07 Å². The van der Waals surface area contributed by atoms with Crippen LogP contribution < -0.4 is 0 Å². The summed E-state index contributed by atoms with van der Waals surface area (Å²) in [4.78, 5) is 29.7. The largest absolute Gasteiger partial charge is 0.477 e. The van der Waals surface area contributed by atoms with E-state index >= 15 is 0 Å². The lowest BCUT2D eigenvalue weighted by Crippen LogP contribution is -2.50. The molecule has 148 valence electrons. The maximum Gasteiger partial charge on any atom is 0.345 e. The molecule has 0 bridgehead atoms. The van der Waals surface area contributed by atoms with Crippen LogP contribution in [0, 0.1) is 0 Å². The van der Waals surface area contributed by atoms with Crippen LogP contribution in [0.4, 0.5) is 0 Å². The van der Waals surface area contributed by atoms with Crippen molar-refractivity contribution in [1.82, 2.24) is 9.80 Å². The summed E-state index contributed by atoms with van der Waals surface area (Å²) in [5, 5.41) is 9.32. The summed E-state index contributed by atoms with van der Waals surface area (Å²) in [6.07, 6.45) is 7.22. The van der Waals surface area contributed by atoms with Crippen LogP contribution in [-0.4, -0.2) is 66.1 Å². The van der Waals surface area contributed by atoms with Crippen LogP contribution >= 0.6 is 11.3 Å². The molecule has 0 atom stereocenters. The van der Waals surface area contributed by atoms with E-state index in [1.807, 2.05) is 4.90 Å². The first-order chi connectivity index (χ1) is 13.0. The Labute approximate surface area is 164 Å². The highest BCUT2D eigenvalue weighted by molar-refractivity contribution is 7.14. The van der Waals surface area contributed by atoms with Gasteiger partial charge in [0, 0.05) is 24.0 Å². The van der Waals surface area contributed by atoms with Gasteiger partial charge < -0.3 is 14.7 Å². The minimum absolute atomic E-state index is 0.202. The molecular formula is C20H28N2O4S. The number of likely N-dealkylation sites (N-methyl/N-ethyl adjacent to an activating group) is 1. The van der Waals surface area contributed by atoms with Gasteiger partial charge in [-0.3, -0.25) is 9.69 Å². The molecule has 1 aromatic heterocycles. The number of carboxylic acid groups (broad SMARTS) is 1. The number of hydrogen-bond acceptors (Lipinski definition) is 5. The van der Waals surface area contributed by atoms with E-state index < -0.39 is 11.6 Å². The average molecular weight is 393 g/mol. The molecule has 7 heteroatoms. The van der Waals surface area contributed by atoms with Crippen LogP contribution in [0.5, 0.6) is 0 Å². The van der Waals surface area contributed by atoms with Crippen molar-refractivity contribution in [2.24, 2.45) is 0 Å². The number of aromatic carboxylic acids is 1. The first-order valence-corrected chi connectivity index (χ1v) is 10.8. The van der Waals surface area contributed by atoms with Crippen molar-refractivity contribution in [2.45, 2.75) is 56.6 Å². The SMILES string of the molecule is CN(CC(=O)N1CCC2(CC1)OCCc1cc(C(=O)O)sc12)C1CCCC1. The highest BCUT2D eigenvalue weighted by atomic mass is 32.1. The van der Waals surface area contributed by atoms with Crippen molar-refractivity contribution in [3.8, 4) is 0 Å². The van der Waals surface area contributed by atoms with E-state index in [9.17, 15) is 14.7 Å². The van der Waals surface area contributed by atoms with Gasteiger partial charge in [0.05, 0.1) is 13.2 Å². The van der Waals surface area contributed by atoms with Gasteiger partial charge in [0.2, 0.25) is 5.91 Å². The van der Waals surface area contributed by atoms with Gasteiger partial charge in [-0.05, 0) is 50.8 Å². The number of carboxylic acids is 1. The number of carbonyl (C=O) groups excluding carboxylic acids is 1. The molecular weight excluding hydrogens is 364 g/mol. The minimum Gasteiger partial charge on any atom is -0.477 e. The average Bonchev–Trinajstić information content (AvgIpc) is 3.33. The molecule has 1 saturated carbocycles. The van der Waals surface area contributed by atoms with Gasteiger partial charge in [0.15, 0.2) is 0 Å². The van der Waals surface area contributed by atoms with Gasteiger partial charge in [-0.15, -0.1) is 11.3 Å². The quantitative estimate of drug-likeness (QED) is 0.853. The highest BCUT2D eigenvalue weighted by Crippen LogP contribution is 2.45. The minimum atomic E-state index is -0.868. The van der Waals surface area contributed by atoms with Crippen molar-refractivity contribution in [2.75, 3.05) is 33.3 Å². The lowest BCUT2D eigenvalue weighted by molar-refractivity contribution is -0.141. The smallest absolute Gasteiger partial charge is 0.345 e. The zero-order valence-corrected chi connectivity index (χ0v) is 16.7. The molecule has 1 aromatic rings. The lowest BCUT2D eigenvalue weighted by Gasteiger charge is -2.44. The molecule has 2 fully saturated rings. The maximum atomic E-state index is 12.7. The fourth-order valence-corrected chi connectivity index (χ4v) is 6.05. The Morgan fingerprint density at radius 1 is 1.33 bits per heavy atom. The van der Waals surface area contributed by atoms with Crippen molar-refractivity contribution in [3.05, 3.63) is 21.4 Å². The maximum absolute atomic E-state index is 12.7. The molecule has 1 N–H and O–H groups in total. The van der Waals surface area contributed by atoms with Crippen LogP contribution in [0.3, 0.4) is 0 Å². The van der Waals surface area contributed by atoms with Crippen molar-refractivity contribution in [1.29, 1.82) is 0 Å². The summed E-state index contributed by atoms with van der Waals surface area (Å²) < 4.78 is 6.19. The number of fused-ring (bicyclic) bond motifs is 2. The van der Waals surface area contributed by atoms with Gasteiger partial charge in [0.25, 0.3) is 0 Å². The number of rotatable bonds is 4. The first-order valence-electron chi connectivity index (χ1n) is 9.97. The Hall–Kier alpha value is -1.44. The number of likely N-dealkylation sites (tertiary alicyclic amines) is 1. The summed E-state index contributed by atoms with van der Waals surface area (Å²) in [6, 6.07) is 2.36. The van der Waals surface area contributed by atoms with E-state index in [4.69, 9.17) is 4.74 Å². The van der Waals surface area contributed by atoms with Crippen LogP contribution in [0.1, 0.15) is 58.6 Å². The molecule has 1 amide bonds. The molecule has 1 saturated heterocycles. The van der Waals surface area contributed by atoms with Crippen molar-refractivity contribution >= 4 is 23.2 Å². The third-order valence-electron chi connectivity index (χ3n) is 6.44. The molecule has 0 radical (unpaired) electrons.